The summed E-state index contributed by atoms with van der Waals surface area (Å²) in [6.45, 7) is 1.73. The van der Waals surface area contributed by atoms with E-state index in [2.05, 4.69) is 20.5 Å². The van der Waals surface area contributed by atoms with Gasteiger partial charge in [0.2, 0.25) is 0 Å². The average molecular weight is 269 g/mol. The second kappa shape index (κ2) is 5.14. The van der Waals surface area contributed by atoms with Crippen LogP contribution in [0.4, 0.5) is 4.39 Å². The number of hydrogen-bond acceptors (Lipinski definition) is 3. The Morgan fingerprint density at radius 2 is 2.33 bits per heavy atom. The zero-order valence-electron chi connectivity index (χ0n) is 9.45. The van der Waals surface area contributed by atoms with Crippen LogP contribution in [-0.4, -0.2) is 21.1 Å². The zero-order valence-corrected chi connectivity index (χ0v) is 10.2. The molecule has 1 atom stereocenters. The van der Waals surface area contributed by atoms with Gasteiger partial charge in [-0.25, -0.2) is 9.37 Å². The number of H-pyrrole nitrogens is 1. The highest BCUT2D eigenvalue weighted by molar-refractivity contribution is 6.34. The van der Waals surface area contributed by atoms with Gasteiger partial charge < -0.3 is 5.32 Å². The lowest BCUT2D eigenvalue weighted by Crippen LogP contribution is -2.27. The van der Waals surface area contributed by atoms with E-state index in [-0.39, 0.29) is 16.6 Å². The predicted molar refractivity (Wildman–Crippen MR) is 63.7 cm³/mol. The molecule has 0 fully saturated rings. The minimum atomic E-state index is -0.628. The number of benzene rings is 1. The van der Waals surface area contributed by atoms with Crippen molar-refractivity contribution in [3.05, 3.63) is 46.8 Å². The Hall–Kier alpha value is -1.95. The van der Waals surface area contributed by atoms with Gasteiger partial charge in [-0.05, 0) is 19.1 Å². The van der Waals surface area contributed by atoms with Crippen molar-refractivity contribution in [3.8, 4) is 0 Å². The van der Waals surface area contributed by atoms with Crippen LogP contribution < -0.4 is 5.32 Å². The molecule has 5 nitrogen and oxygen atoms in total. The first-order chi connectivity index (χ1) is 8.59. The second-order valence-corrected chi connectivity index (χ2v) is 4.05. The van der Waals surface area contributed by atoms with Gasteiger partial charge in [0.1, 0.15) is 18.0 Å². The summed E-state index contributed by atoms with van der Waals surface area (Å²) in [5.41, 5.74) is 0.0861. The van der Waals surface area contributed by atoms with Crippen LogP contribution in [0, 0.1) is 5.82 Å². The van der Waals surface area contributed by atoms with E-state index in [0.717, 1.165) is 0 Å². The molecule has 1 amide bonds. The first-order valence-corrected chi connectivity index (χ1v) is 5.57. The maximum atomic E-state index is 13.2. The highest BCUT2D eigenvalue weighted by atomic mass is 35.5. The molecule has 1 unspecified atom stereocenters. The molecule has 7 heteroatoms. The van der Waals surface area contributed by atoms with Crippen LogP contribution in [0.15, 0.2) is 24.5 Å². The fraction of sp³-hybridized carbons (Fsp3) is 0.182. The summed E-state index contributed by atoms with van der Waals surface area (Å²) in [6, 6.07) is 3.70. The topological polar surface area (TPSA) is 70.7 Å². The van der Waals surface area contributed by atoms with Crippen molar-refractivity contribution in [1.82, 2.24) is 20.5 Å². The third-order valence-electron chi connectivity index (χ3n) is 2.39. The minimum absolute atomic E-state index is 0.0861. The highest BCUT2D eigenvalue weighted by Gasteiger charge is 2.17. The Balaban J connectivity index is 2.15. The van der Waals surface area contributed by atoms with Gasteiger partial charge in [-0.3, -0.25) is 9.89 Å². The number of aromatic nitrogens is 3. The number of carbonyl (C=O) groups excluding carboxylic acids is 1. The maximum absolute atomic E-state index is 13.2. The first-order valence-electron chi connectivity index (χ1n) is 5.19. The van der Waals surface area contributed by atoms with E-state index >= 15 is 0 Å². The number of nitrogens with zero attached hydrogens (tertiary/aromatic N) is 2. The van der Waals surface area contributed by atoms with Crippen LogP contribution in [0.3, 0.4) is 0 Å². The summed E-state index contributed by atoms with van der Waals surface area (Å²) < 4.78 is 13.2. The predicted octanol–water partition coefficient (Wildman–Crippen LogP) is 2.09. The van der Waals surface area contributed by atoms with E-state index in [0.29, 0.717) is 5.82 Å². The van der Waals surface area contributed by atoms with Gasteiger partial charge in [-0.1, -0.05) is 17.7 Å². The molecule has 0 aliphatic carbocycles. The molecule has 1 aromatic carbocycles. The molecule has 0 spiro atoms. The van der Waals surface area contributed by atoms with Gasteiger partial charge in [-0.2, -0.15) is 5.10 Å². The lowest BCUT2D eigenvalue weighted by molar-refractivity contribution is 0.0938. The lowest BCUT2D eigenvalue weighted by atomic mass is 10.2. The van der Waals surface area contributed by atoms with Gasteiger partial charge in [-0.15, -0.1) is 0 Å². The Bertz CT molecular complexity index is 558. The van der Waals surface area contributed by atoms with Crippen LogP contribution in [-0.2, 0) is 0 Å². The van der Waals surface area contributed by atoms with E-state index in [1.165, 1.54) is 24.5 Å². The highest BCUT2D eigenvalue weighted by Crippen LogP contribution is 2.20. The van der Waals surface area contributed by atoms with E-state index in [9.17, 15) is 9.18 Å². The smallest absolute Gasteiger partial charge is 0.253 e. The SMILES string of the molecule is CC(NC(=O)c1cccc(F)c1Cl)c1ncn[nH]1. The fourth-order valence-corrected chi connectivity index (χ4v) is 1.66. The summed E-state index contributed by atoms with van der Waals surface area (Å²) in [5, 5.41) is 8.77. The molecule has 0 radical (unpaired) electrons. The fourth-order valence-electron chi connectivity index (χ4n) is 1.45. The normalized spacial score (nSPS) is 12.2. The standard InChI is InChI=1S/C11H10ClFN4O/c1-6(10-14-5-15-17-10)16-11(18)7-3-2-4-8(13)9(7)12/h2-6H,1H3,(H,16,18)(H,14,15,17). The molecule has 2 aromatic rings. The molecule has 1 heterocycles. The molecule has 1 aromatic heterocycles. The second-order valence-electron chi connectivity index (χ2n) is 3.67. The molecule has 0 saturated heterocycles. The third-order valence-corrected chi connectivity index (χ3v) is 2.77. The largest absolute Gasteiger partial charge is 0.342 e. The van der Waals surface area contributed by atoms with E-state index < -0.39 is 11.7 Å². The van der Waals surface area contributed by atoms with E-state index in [1.54, 1.807) is 6.92 Å². The van der Waals surface area contributed by atoms with Gasteiger partial charge in [0, 0.05) is 0 Å². The van der Waals surface area contributed by atoms with Gasteiger partial charge in [0.05, 0.1) is 16.6 Å². The lowest BCUT2D eigenvalue weighted by Gasteiger charge is -2.11. The number of halogens is 2. The van der Waals surface area contributed by atoms with Gasteiger partial charge in [0.15, 0.2) is 0 Å². The van der Waals surface area contributed by atoms with Crippen molar-refractivity contribution >= 4 is 17.5 Å². The van der Waals surface area contributed by atoms with Gasteiger partial charge in [0.25, 0.3) is 5.91 Å². The zero-order chi connectivity index (χ0) is 13.1. The van der Waals surface area contributed by atoms with Gasteiger partial charge >= 0.3 is 0 Å². The summed E-state index contributed by atoms with van der Waals surface area (Å²) in [6.07, 6.45) is 1.34. The molecule has 0 aliphatic heterocycles. The molecule has 2 N–H and O–H groups in total. The molecular weight excluding hydrogens is 259 g/mol. The van der Waals surface area contributed by atoms with Crippen molar-refractivity contribution in [2.75, 3.05) is 0 Å². The summed E-state index contributed by atoms with van der Waals surface area (Å²) in [4.78, 5) is 15.8. The third kappa shape index (κ3) is 2.48. The van der Waals surface area contributed by atoms with Crippen LogP contribution in [0.5, 0.6) is 0 Å². The van der Waals surface area contributed by atoms with Crippen molar-refractivity contribution in [3.63, 3.8) is 0 Å². The number of carbonyl (C=O) groups is 1. The Morgan fingerprint density at radius 3 is 3.00 bits per heavy atom. The monoisotopic (exact) mass is 268 g/mol. The van der Waals surface area contributed by atoms with Crippen LogP contribution in [0.25, 0.3) is 0 Å². The quantitative estimate of drug-likeness (QED) is 0.895. The van der Waals surface area contributed by atoms with Crippen molar-refractivity contribution in [1.29, 1.82) is 0 Å². The van der Waals surface area contributed by atoms with Crippen molar-refractivity contribution in [2.24, 2.45) is 0 Å². The van der Waals surface area contributed by atoms with Crippen LogP contribution in [0.1, 0.15) is 29.1 Å². The Kier molecular flexibility index (Phi) is 3.57. The molecule has 18 heavy (non-hydrogen) atoms. The summed E-state index contributed by atoms with van der Waals surface area (Å²) >= 11 is 5.72. The Labute approximate surface area is 107 Å². The van der Waals surface area contributed by atoms with Crippen LogP contribution in [0.2, 0.25) is 5.02 Å². The summed E-state index contributed by atoms with van der Waals surface area (Å²) in [7, 11) is 0. The molecule has 0 saturated carbocycles. The van der Waals surface area contributed by atoms with E-state index in [1.807, 2.05) is 0 Å². The minimum Gasteiger partial charge on any atom is -0.342 e. The number of hydrogen-bond donors (Lipinski definition) is 2. The number of rotatable bonds is 3. The number of amides is 1. The first kappa shape index (κ1) is 12.5. The molecule has 0 aliphatic rings. The maximum Gasteiger partial charge on any atom is 0.253 e. The molecule has 2 rings (SSSR count). The summed E-state index contributed by atoms with van der Waals surface area (Å²) in [5.74, 6) is -0.587. The van der Waals surface area contributed by atoms with Crippen molar-refractivity contribution < 1.29 is 9.18 Å². The molecule has 0 bridgehead atoms. The van der Waals surface area contributed by atoms with Crippen LogP contribution >= 0.6 is 11.6 Å². The molecule has 94 valence electrons. The average Bonchev–Trinajstić information content (AvgIpc) is 2.86. The number of nitrogens with one attached hydrogen (secondary N) is 2. The Morgan fingerprint density at radius 1 is 1.56 bits per heavy atom. The van der Waals surface area contributed by atoms with Crippen molar-refractivity contribution in [2.45, 2.75) is 13.0 Å². The number of aromatic amines is 1. The van der Waals surface area contributed by atoms with E-state index in [4.69, 9.17) is 11.6 Å². The molecular formula is C11H10ClFN4O.